The third kappa shape index (κ3) is 9.14. The van der Waals surface area contributed by atoms with Gasteiger partial charge >= 0.3 is 12.2 Å². The highest BCUT2D eigenvalue weighted by Gasteiger charge is 2.26. The van der Waals surface area contributed by atoms with Crippen molar-refractivity contribution in [2.75, 3.05) is 19.7 Å². The van der Waals surface area contributed by atoms with Crippen molar-refractivity contribution in [3.8, 4) is 0 Å². The lowest BCUT2D eigenvalue weighted by Gasteiger charge is -2.30. The van der Waals surface area contributed by atoms with Gasteiger partial charge in [0.25, 0.3) is 5.91 Å². The Labute approximate surface area is 190 Å². The zero-order chi connectivity index (χ0) is 24.2. The first kappa shape index (κ1) is 25.6. The molecule has 1 aliphatic rings. The van der Waals surface area contributed by atoms with Crippen molar-refractivity contribution >= 4 is 24.0 Å². The first-order valence-corrected chi connectivity index (χ1v) is 10.2. The van der Waals surface area contributed by atoms with Crippen molar-refractivity contribution in [3.63, 3.8) is 0 Å². The van der Waals surface area contributed by atoms with Crippen LogP contribution in [0, 0.1) is 0 Å². The second-order valence-corrected chi connectivity index (χ2v) is 7.11. The Bertz CT molecular complexity index is 861. The molecule has 7 N–H and O–H groups in total. The number of nitrogens with zero attached hydrogens (tertiary/aromatic N) is 1. The average molecular weight is 464 g/mol. The second-order valence-electron chi connectivity index (χ2n) is 7.11. The number of hydrogen-bond donors (Lipinski definition) is 7. The molecule has 1 heterocycles. The summed E-state index contributed by atoms with van der Waals surface area (Å²) < 4.78 is 0. The summed E-state index contributed by atoms with van der Waals surface area (Å²) >= 11 is 0. The highest BCUT2D eigenvalue weighted by molar-refractivity contribution is 5.99. The molecule has 0 radical (unpaired) electrons. The van der Waals surface area contributed by atoms with E-state index < -0.39 is 18.5 Å². The van der Waals surface area contributed by atoms with Gasteiger partial charge in [0, 0.05) is 25.2 Å². The lowest BCUT2D eigenvalue weighted by molar-refractivity contribution is -0.133. The largest absolute Gasteiger partial charge is 0.465 e. The fourth-order valence-corrected chi connectivity index (χ4v) is 2.99. The minimum absolute atomic E-state index is 0.0508. The van der Waals surface area contributed by atoms with Crippen LogP contribution in [-0.4, -0.2) is 65.2 Å². The van der Waals surface area contributed by atoms with Crippen molar-refractivity contribution in [3.05, 3.63) is 47.0 Å². The predicted octanol–water partition coefficient (Wildman–Crippen LogP) is 0.0863. The summed E-state index contributed by atoms with van der Waals surface area (Å²) in [6.45, 7) is 2.80. The summed E-state index contributed by atoms with van der Waals surface area (Å²) in [7, 11) is 0. The molecule has 0 aromatic heterocycles. The predicted molar refractivity (Wildman–Crippen MR) is 115 cm³/mol. The molecule has 0 unspecified atom stereocenters. The number of hydrazine groups is 1. The first-order valence-electron chi connectivity index (χ1n) is 10.2. The molecular weight excluding hydrogens is 436 g/mol. The molecule has 0 saturated heterocycles. The number of benzene rings is 1. The average Bonchev–Trinajstić information content (AvgIpc) is 2.75. The summed E-state index contributed by atoms with van der Waals surface area (Å²) in [4.78, 5) is 51.3. The van der Waals surface area contributed by atoms with Gasteiger partial charge in [-0.1, -0.05) is 35.9 Å². The lowest BCUT2D eigenvalue weighted by Crippen LogP contribution is -2.56. The van der Waals surface area contributed by atoms with Crippen LogP contribution < -0.4 is 26.9 Å². The van der Waals surface area contributed by atoms with Gasteiger partial charge in [-0.2, -0.15) is 5.48 Å². The first-order chi connectivity index (χ1) is 15.8. The molecule has 4 amide bonds. The molecule has 0 fully saturated rings. The molecular formula is C20H28N6O7. The van der Waals surface area contributed by atoms with Crippen LogP contribution in [0.4, 0.5) is 9.59 Å². The van der Waals surface area contributed by atoms with E-state index in [0.717, 1.165) is 11.1 Å². The van der Waals surface area contributed by atoms with Gasteiger partial charge in [0.1, 0.15) is 0 Å². The number of amides is 4. The van der Waals surface area contributed by atoms with Gasteiger partial charge in [-0.05, 0) is 18.9 Å². The molecule has 13 nitrogen and oxygen atoms in total. The minimum atomic E-state index is -1.47. The van der Waals surface area contributed by atoms with Gasteiger partial charge in [0.05, 0.1) is 13.0 Å². The molecule has 2 rings (SSSR count). The second kappa shape index (κ2) is 13.0. The standard InChI is InChI=1S/C20H28N6O7/c1-13-7-9-26(22-12-14-5-3-2-4-6-14)17(28)15(13)11-16(27)21-8-10-33-25-18(23-19(29)30)24-20(31)32/h2-6,18,22-25H,7-12H2,1H3,(H,21,27)(H,29,30)(H,31,32). The Hall–Kier alpha value is -3.68. The number of nitrogens with one attached hydrogen (secondary N) is 5. The molecule has 1 aliphatic heterocycles. The zero-order valence-electron chi connectivity index (χ0n) is 18.1. The molecule has 0 atom stereocenters. The third-order valence-electron chi connectivity index (χ3n) is 4.65. The number of rotatable bonds is 12. The van der Waals surface area contributed by atoms with E-state index in [1.54, 1.807) is 0 Å². The van der Waals surface area contributed by atoms with E-state index in [4.69, 9.17) is 15.1 Å². The maximum atomic E-state index is 12.8. The number of carboxylic acid groups (broad SMARTS) is 2. The molecule has 1 aromatic carbocycles. The number of carbonyl (C=O) groups is 4. The summed E-state index contributed by atoms with van der Waals surface area (Å²) in [5.74, 6) is -0.625. The summed E-state index contributed by atoms with van der Waals surface area (Å²) in [6.07, 6.45) is -3.77. The fourth-order valence-electron chi connectivity index (χ4n) is 2.99. The van der Waals surface area contributed by atoms with E-state index in [9.17, 15) is 19.2 Å². The monoisotopic (exact) mass is 464 g/mol. The van der Waals surface area contributed by atoms with E-state index in [0.29, 0.717) is 25.1 Å². The Balaban J connectivity index is 1.74. The van der Waals surface area contributed by atoms with E-state index in [1.165, 1.54) is 5.01 Å². The van der Waals surface area contributed by atoms with Gasteiger partial charge in [-0.15, -0.1) is 0 Å². The topological polar surface area (TPSA) is 181 Å². The molecule has 13 heteroatoms. The van der Waals surface area contributed by atoms with Crippen LogP contribution in [0.1, 0.15) is 25.3 Å². The van der Waals surface area contributed by atoms with Crippen LogP contribution in [0.5, 0.6) is 0 Å². The van der Waals surface area contributed by atoms with Gasteiger partial charge in [-0.3, -0.25) is 30.1 Å². The quantitative estimate of drug-likeness (QED) is 0.128. The van der Waals surface area contributed by atoms with Crippen molar-refractivity contribution < 1.29 is 34.2 Å². The SMILES string of the molecule is CC1=C(CC(=O)NCCONC(NC(=O)O)NC(=O)O)C(=O)N(NCc2ccccc2)CC1. The van der Waals surface area contributed by atoms with Crippen LogP contribution in [0.2, 0.25) is 0 Å². The molecule has 33 heavy (non-hydrogen) atoms. The molecule has 0 bridgehead atoms. The van der Waals surface area contributed by atoms with Gasteiger partial charge < -0.3 is 15.5 Å². The lowest BCUT2D eigenvalue weighted by atomic mass is 9.98. The third-order valence-corrected chi connectivity index (χ3v) is 4.65. The Morgan fingerprint density at radius 3 is 2.42 bits per heavy atom. The van der Waals surface area contributed by atoms with Gasteiger partial charge in [-0.25, -0.2) is 15.0 Å². The van der Waals surface area contributed by atoms with Crippen molar-refractivity contribution in [2.24, 2.45) is 0 Å². The summed E-state index contributed by atoms with van der Waals surface area (Å²) in [5, 5.41) is 25.1. The Morgan fingerprint density at radius 1 is 1.12 bits per heavy atom. The summed E-state index contributed by atoms with van der Waals surface area (Å²) in [5.41, 5.74) is 7.59. The van der Waals surface area contributed by atoms with E-state index in [2.05, 4.69) is 16.2 Å². The van der Waals surface area contributed by atoms with Crippen LogP contribution in [0.25, 0.3) is 0 Å². The normalized spacial score (nSPS) is 13.8. The van der Waals surface area contributed by atoms with Gasteiger partial charge in [0.2, 0.25) is 5.91 Å². The highest BCUT2D eigenvalue weighted by Crippen LogP contribution is 2.20. The van der Waals surface area contributed by atoms with Crippen LogP contribution in [-0.2, 0) is 21.0 Å². The maximum absolute atomic E-state index is 12.8. The molecule has 1 aromatic rings. The van der Waals surface area contributed by atoms with Gasteiger partial charge in [0.15, 0.2) is 6.29 Å². The summed E-state index contributed by atoms with van der Waals surface area (Å²) in [6, 6.07) is 9.65. The van der Waals surface area contributed by atoms with Crippen molar-refractivity contribution in [2.45, 2.75) is 32.6 Å². The smallest absolute Gasteiger partial charge is 0.407 e. The Morgan fingerprint density at radius 2 is 1.79 bits per heavy atom. The van der Waals surface area contributed by atoms with E-state index in [1.807, 2.05) is 47.9 Å². The molecule has 180 valence electrons. The van der Waals surface area contributed by atoms with Crippen LogP contribution >= 0.6 is 0 Å². The van der Waals surface area contributed by atoms with Crippen molar-refractivity contribution in [1.82, 2.24) is 31.9 Å². The number of hydroxylamine groups is 1. The maximum Gasteiger partial charge on any atom is 0.407 e. The van der Waals surface area contributed by atoms with Crippen molar-refractivity contribution in [1.29, 1.82) is 0 Å². The fraction of sp³-hybridized carbons (Fsp3) is 0.400. The molecule has 0 spiro atoms. The van der Waals surface area contributed by atoms with E-state index >= 15 is 0 Å². The number of carbonyl (C=O) groups excluding carboxylic acids is 2. The highest BCUT2D eigenvalue weighted by atomic mass is 16.6. The van der Waals surface area contributed by atoms with Crippen LogP contribution in [0.15, 0.2) is 41.5 Å². The van der Waals surface area contributed by atoms with Crippen LogP contribution in [0.3, 0.4) is 0 Å². The minimum Gasteiger partial charge on any atom is -0.465 e. The molecule has 0 saturated carbocycles. The zero-order valence-corrected chi connectivity index (χ0v) is 18.1. The van der Waals surface area contributed by atoms with E-state index in [-0.39, 0.29) is 31.4 Å². The molecule has 0 aliphatic carbocycles. The Kier molecular flexibility index (Phi) is 10.1. The number of hydrogen-bond acceptors (Lipinski definition) is 7.